The first kappa shape index (κ1) is 15.1. The van der Waals surface area contributed by atoms with Crippen molar-refractivity contribution < 1.29 is 9.84 Å². The fourth-order valence-corrected chi connectivity index (χ4v) is 1.73. The molecule has 1 heterocycles. The van der Waals surface area contributed by atoms with Gasteiger partial charge in [-0.05, 0) is 11.8 Å². The van der Waals surface area contributed by atoms with Crippen LogP contribution < -0.4 is 5.32 Å². The SMILES string of the molecule is COCCC(C)(C)CNCc1cnn(CCO)c1. The van der Waals surface area contributed by atoms with E-state index < -0.39 is 0 Å². The fraction of sp³-hybridized carbons (Fsp3) is 0.769. The molecule has 0 amide bonds. The molecule has 0 aliphatic carbocycles. The van der Waals surface area contributed by atoms with Crippen LogP contribution in [0.2, 0.25) is 0 Å². The van der Waals surface area contributed by atoms with E-state index >= 15 is 0 Å². The summed E-state index contributed by atoms with van der Waals surface area (Å²) in [4.78, 5) is 0. The van der Waals surface area contributed by atoms with Crippen LogP contribution in [0.25, 0.3) is 0 Å². The molecular formula is C13H25N3O2. The molecule has 0 unspecified atom stereocenters. The standard InChI is InChI=1S/C13H25N3O2/c1-13(2,4-7-18-3)11-14-8-12-9-15-16(10-12)5-6-17/h9-10,14,17H,4-8,11H2,1-3H3. The summed E-state index contributed by atoms with van der Waals surface area (Å²) in [5.41, 5.74) is 1.38. The zero-order valence-corrected chi connectivity index (χ0v) is 11.6. The number of nitrogens with one attached hydrogen (secondary N) is 1. The Morgan fingerprint density at radius 3 is 2.94 bits per heavy atom. The Bertz CT molecular complexity index is 337. The highest BCUT2D eigenvalue weighted by atomic mass is 16.5. The molecule has 0 saturated carbocycles. The Hall–Kier alpha value is -0.910. The van der Waals surface area contributed by atoms with E-state index in [9.17, 15) is 0 Å². The predicted octanol–water partition coefficient (Wildman–Crippen LogP) is 1.03. The maximum absolute atomic E-state index is 8.81. The summed E-state index contributed by atoms with van der Waals surface area (Å²) in [5, 5.41) is 16.4. The molecule has 0 bridgehead atoms. The van der Waals surface area contributed by atoms with Gasteiger partial charge in [0.2, 0.25) is 0 Å². The lowest BCUT2D eigenvalue weighted by Crippen LogP contribution is -2.30. The maximum Gasteiger partial charge on any atom is 0.0640 e. The van der Waals surface area contributed by atoms with Crippen molar-refractivity contribution in [3.05, 3.63) is 18.0 Å². The van der Waals surface area contributed by atoms with Crippen molar-refractivity contribution in [2.75, 3.05) is 26.9 Å². The highest BCUT2D eigenvalue weighted by molar-refractivity contribution is 5.03. The second kappa shape index (κ2) is 7.51. The maximum atomic E-state index is 8.81. The summed E-state index contributed by atoms with van der Waals surface area (Å²) < 4.78 is 6.86. The fourth-order valence-electron chi connectivity index (χ4n) is 1.73. The normalized spacial score (nSPS) is 12.0. The van der Waals surface area contributed by atoms with Crippen molar-refractivity contribution in [2.45, 2.75) is 33.4 Å². The molecular weight excluding hydrogens is 230 g/mol. The van der Waals surface area contributed by atoms with Crippen molar-refractivity contribution >= 4 is 0 Å². The zero-order chi connectivity index (χ0) is 13.4. The average molecular weight is 255 g/mol. The molecule has 0 aliphatic rings. The number of aliphatic hydroxyl groups excluding tert-OH is 1. The number of hydrogen-bond acceptors (Lipinski definition) is 4. The van der Waals surface area contributed by atoms with Crippen LogP contribution in [0, 0.1) is 5.41 Å². The predicted molar refractivity (Wildman–Crippen MR) is 71.3 cm³/mol. The molecule has 0 saturated heterocycles. The Balaban J connectivity index is 2.27. The van der Waals surface area contributed by atoms with E-state index in [1.807, 2.05) is 12.4 Å². The third-order valence-electron chi connectivity index (χ3n) is 2.93. The molecule has 5 heteroatoms. The van der Waals surface area contributed by atoms with Crippen LogP contribution >= 0.6 is 0 Å². The first-order chi connectivity index (χ1) is 8.57. The van der Waals surface area contributed by atoms with Gasteiger partial charge in [0, 0.05) is 38.6 Å². The average Bonchev–Trinajstić information content (AvgIpc) is 2.75. The Kier molecular flexibility index (Phi) is 6.32. The van der Waals surface area contributed by atoms with E-state index in [1.54, 1.807) is 11.8 Å². The highest BCUT2D eigenvalue weighted by Gasteiger charge is 2.16. The van der Waals surface area contributed by atoms with Crippen LogP contribution in [0.5, 0.6) is 0 Å². The Morgan fingerprint density at radius 1 is 1.50 bits per heavy atom. The van der Waals surface area contributed by atoms with Gasteiger partial charge in [0.15, 0.2) is 0 Å². The summed E-state index contributed by atoms with van der Waals surface area (Å²) in [5.74, 6) is 0. The van der Waals surface area contributed by atoms with Gasteiger partial charge in [0.25, 0.3) is 0 Å². The van der Waals surface area contributed by atoms with Crippen LogP contribution in [0.4, 0.5) is 0 Å². The number of hydrogen-bond donors (Lipinski definition) is 2. The van der Waals surface area contributed by atoms with E-state index in [2.05, 4.69) is 24.3 Å². The van der Waals surface area contributed by atoms with E-state index in [0.29, 0.717) is 6.54 Å². The van der Waals surface area contributed by atoms with E-state index in [4.69, 9.17) is 9.84 Å². The van der Waals surface area contributed by atoms with Crippen LogP contribution in [0.15, 0.2) is 12.4 Å². The first-order valence-electron chi connectivity index (χ1n) is 6.39. The van der Waals surface area contributed by atoms with Gasteiger partial charge in [-0.3, -0.25) is 4.68 Å². The number of rotatable bonds is 9. The second-order valence-corrected chi connectivity index (χ2v) is 5.35. The lowest BCUT2D eigenvalue weighted by molar-refractivity contribution is 0.150. The number of aliphatic hydroxyl groups is 1. The molecule has 0 aromatic carbocycles. The van der Waals surface area contributed by atoms with Gasteiger partial charge in [-0.2, -0.15) is 5.10 Å². The molecule has 0 atom stereocenters. The molecule has 1 aromatic heterocycles. The Labute approximate surface area is 109 Å². The molecule has 0 aliphatic heterocycles. The van der Waals surface area contributed by atoms with E-state index in [0.717, 1.165) is 31.7 Å². The lowest BCUT2D eigenvalue weighted by atomic mass is 9.90. The van der Waals surface area contributed by atoms with Gasteiger partial charge < -0.3 is 15.2 Å². The van der Waals surface area contributed by atoms with Gasteiger partial charge >= 0.3 is 0 Å². The van der Waals surface area contributed by atoms with Gasteiger partial charge in [-0.25, -0.2) is 0 Å². The molecule has 0 radical (unpaired) electrons. The molecule has 2 N–H and O–H groups in total. The van der Waals surface area contributed by atoms with Gasteiger partial charge in [0.1, 0.15) is 0 Å². The van der Waals surface area contributed by atoms with Crippen molar-refractivity contribution in [1.82, 2.24) is 15.1 Å². The number of nitrogens with zero attached hydrogens (tertiary/aromatic N) is 2. The van der Waals surface area contributed by atoms with Crippen LogP contribution in [-0.4, -0.2) is 41.8 Å². The minimum Gasteiger partial charge on any atom is -0.394 e. The molecule has 1 rings (SSSR count). The molecule has 5 nitrogen and oxygen atoms in total. The van der Waals surface area contributed by atoms with Crippen LogP contribution in [0.3, 0.4) is 0 Å². The zero-order valence-electron chi connectivity index (χ0n) is 11.6. The molecule has 0 spiro atoms. The van der Waals surface area contributed by atoms with Crippen molar-refractivity contribution in [3.8, 4) is 0 Å². The molecule has 1 aromatic rings. The van der Waals surface area contributed by atoms with Crippen molar-refractivity contribution in [2.24, 2.45) is 5.41 Å². The summed E-state index contributed by atoms with van der Waals surface area (Å²) in [6.07, 6.45) is 4.84. The number of ether oxygens (including phenoxy) is 1. The van der Waals surface area contributed by atoms with Crippen molar-refractivity contribution in [3.63, 3.8) is 0 Å². The van der Waals surface area contributed by atoms with Crippen LogP contribution in [0.1, 0.15) is 25.8 Å². The quantitative estimate of drug-likeness (QED) is 0.692. The lowest BCUT2D eigenvalue weighted by Gasteiger charge is -2.24. The Morgan fingerprint density at radius 2 is 2.28 bits per heavy atom. The largest absolute Gasteiger partial charge is 0.394 e. The second-order valence-electron chi connectivity index (χ2n) is 5.35. The van der Waals surface area contributed by atoms with Gasteiger partial charge in [-0.15, -0.1) is 0 Å². The smallest absolute Gasteiger partial charge is 0.0640 e. The summed E-state index contributed by atoms with van der Waals surface area (Å²) in [6, 6.07) is 0. The third kappa shape index (κ3) is 5.62. The molecule has 104 valence electrons. The molecule has 0 fully saturated rings. The molecule has 18 heavy (non-hydrogen) atoms. The third-order valence-corrected chi connectivity index (χ3v) is 2.93. The number of methoxy groups -OCH3 is 1. The summed E-state index contributed by atoms with van der Waals surface area (Å²) in [6.45, 7) is 7.69. The summed E-state index contributed by atoms with van der Waals surface area (Å²) in [7, 11) is 1.74. The minimum atomic E-state index is 0.124. The first-order valence-corrected chi connectivity index (χ1v) is 6.39. The van der Waals surface area contributed by atoms with E-state index in [-0.39, 0.29) is 12.0 Å². The van der Waals surface area contributed by atoms with Gasteiger partial charge in [-0.1, -0.05) is 13.8 Å². The van der Waals surface area contributed by atoms with Crippen molar-refractivity contribution in [1.29, 1.82) is 0 Å². The van der Waals surface area contributed by atoms with E-state index in [1.165, 1.54) is 0 Å². The number of aromatic nitrogens is 2. The topological polar surface area (TPSA) is 59.3 Å². The highest BCUT2D eigenvalue weighted by Crippen LogP contribution is 2.18. The monoisotopic (exact) mass is 255 g/mol. The van der Waals surface area contributed by atoms with Gasteiger partial charge in [0.05, 0.1) is 19.3 Å². The minimum absolute atomic E-state index is 0.124. The summed E-state index contributed by atoms with van der Waals surface area (Å²) >= 11 is 0. The van der Waals surface area contributed by atoms with Crippen LogP contribution in [-0.2, 0) is 17.8 Å².